The summed E-state index contributed by atoms with van der Waals surface area (Å²) >= 11 is 0. The van der Waals surface area contributed by atoms with Crippen LogP contribution < -0.4 is 5.84 Å². The molecule has 2 rings (SSSR count). The highest BCUT2D eigenvalue weighted by molar-refractivity contribution is 5.88. The van der Waals surface area contributed by atoms with Crippen molar-refractivity contribution in [3.05, 3.63) is 35.7 Å². The van der Waals surface area contributed by atoms with Crippen molar-refractivity contribution >= 4 is 10.8 Å². The topological polar surface area (TPSA) is 30.9 Å². The summed E-state index contributed by atoms with van der Waals surface area (Å²) in [6, 6.07) is 8.44. The van der Waals surface area contributed by atoms with Gasteiger partial charge in [-0.25, -0.2) is 0 Å². The van der Waals surface area contributed by atoms with Crippen molar-refractivity contribution < 1.29 is 0 Å². The van der Waals surface area contributed by atoms with Crippen molar-refractivity contribution in [1.29, 1.82) is 0 Å². The molecule has 1 aromatic heterocycles. The van der Waals surface area contributed by atoms with Crippen molar-refractivity contribution in [3.8, 4) is 0 Å². The fraction of sp³-hybridized carbons (Fsp3) is 0.333. The summed E-state index contributed by atoms with van der Waals surface area (Å²) in [6.45, 7) is 4.29. The summed E-state index contributed by atoms with van der Waals surface area (Å²) in [5.41, 5.74) is 2.47. The summed E-state index contributed by atoms with van der Waals surface area (Å²) in [7, 11) is 0. The monoisotopic (exact) mass is 188 g/mol. The molecule has 1 heterocycles. The van der Waals surface area contributed by atoms with Crippen molar-refractivity contribution in [2.24, 2.45) is 0 Å². The average Bonchev–Trinajstić information content (AvgIpc) is 2.49. The van der Waals surface area contributed by atoms with E-state index in [0.717, 1.165) is 12.8 Å². The van der Waals surface area contributed by atoms with Crippen LogP contribution in [0.2, 0.25) is 0 Å². The number of nitrogens with zero attached hydrogens (tertiary/aromatic N) is 1. The summed E-state index contributed by atoms with van der Waals surface area (Å²) in [4.78, 5) is 0. The van der Waals surface area contributed by atoms with E-state index in [4.69, 9.17) is 5.84 Å². The first-order valence-electron chi connectivity index (χ1n) is 5.15. The molecule has 2 aromatic rings. The van der Waals surface area contributed by atoms with Gasteiger partial charge >= 0.3 is 0 Å². The highest BCUT2D eigenvalue weighted by Crippen LogP contribution is 2.25. The van der Waals surface area contributed by atoms with E-state index >= 15 is 0 Å². The van der Waals surface area contributed by atoms with Gasteiger partial charge in [0.05, 0.1) is 0 Å². The minimum absolute atomic E-state index is 0.983. The molecule has 0 radical (unpaired) electrons. The van der Waals surface area contributed by atoms with Crippen LogP contribution in [0.5, 0.6) is 0 Å². The van der Waals surface area contributed by atoms with Crippen LogP contribution in [0.15, 0.2) is 24.3 Å². The van der Waals surface area contributed by atoms with E-state index in [1.807, 2.05) is 4.68 Å². The predicted octanol–water partition coefficient (Wildman–Crippen LogP) is 2.48. The molecule has 2 heteroatoms. The van der Waals surface area contributed by atoms with Crippen molar-refractivity contribution in [1.82, 2.24) is 4.68 Å². The number of benzene rings is 1. The van der Waals surface area contributed by atoms with Gasteiger partial charge in [0, 0.05) is 22.2 Å². The maximum Gasteiger partial charge on any atom is 0.0470 e. The molecule has 0 aliphatic rings. The third-order valence-electron chi connectivity index (χ3n) is 2.80. The summed E-state index contributed by atoms with van der Waals surface area (Å²) in [6.07, 6.45) is 1.97. The molecule has 14 heavy (non-hydrogen) atoms. The van der Waals surface area contributed by atoms with E-state index in [1.54, 1.807) is 0 Å². The van der Waals surface area contributed by atoms with Gasteiger partial charge in [-0.2, -0.15) is 0 Å². The Hall–Kier alpha value is -1.44. The lowest BCUT2D eigenvalue weighted by molar-refractivity contribution is 0.840. The Bertz CT molecular complexity index is 414. The van der Waals surface area contributed by atoms with E-state index in [2.05, 4.69) is 38.1 Å². The lowest BCUT2D eigenvalue weighted by atomic mass is 10.1. The number of aryl methyl sites for hydroxylation is 2. The highest BCUT2D eigenvalue weighted by atomic mass is 15.3. The number of rotatable bonds is 2. The van der Waals surface area contributed by atoms with Crippen molar-refractivity contribution in [3.63, 3.8) is 0 Å². The SMILES string of the molecule is CCc1c2ccccc2c(CC)n1N. The Morgan fingerprint density at radius 1 is 1.00 bits per heavy atom. The molecule has 0 aliphatic carbocycles. The number of hydrogen-bond acceptors (Lipinski definition) is 1. The van der Waals surface area contributed by atoms with Gasteiger partial charge in [0.25, 0.3) is 0 Å². The minimum atomic E-state index is 0.983. The molecule has 0 amide bonds. The number of aromatic nitrogens is 1. The van der Waals surface area contributed by atoms with Gasteiger partial charge in [-0.1, -0.05) is 38.1 Å². The quantitative estimate of drug-likeness (QED) is 0.721. The largest absolute Gasteiger partial charge is 0.339 e. The molecule has 0 fully saturated rings. The predicted molar refractivity (Wildman–Crippen MR) is 60.8 cm³/mol. The Morgan fingerprint density at radius 2 is 1.43 bits per heavy atom. The second-order valence-corrected chi connectivity index (χ2v) is 3.52. The van der Waals surface area contributed by atoms with Gasteiger partial charge in [-0.05, 0) is 12.8 Å². The van der Waals surface area contributed by atoms with Crippen molar-refractivity contribution in [2.75, 3.05) is 5.84 Å². The molecule has 0 spiro atoms. The summed E-state index contributed by atoms with van der Waals surface area (Å²) in [5, 5.41) is 2.60. The van der Waals surface area contributed by atoms with E-state index < -0.39 is 0 Å². The molecule has 0 bridgehead atoms. The number of hydrogen-bond donors (Lipinski definition) is 1. The Labute approximate surface area is 84.3 Å². The van der Waals surface area contributed by atoms with Crippen LogP contribution in [-0.2, 0) is 12.8 Å². The van der Waals surface area contributed by atoms with Gasteiger partial charge in [0.15, 0.2) is 0 Å². The van der Waals surface area contributed by atoms with Gasteiger partial charge < -0.3 is 5.84 Å². The third-order valence-corrected chi connectivity index (χ3v) is 2.80. The first-order chi connectivity index (χ1) is 6.79. The smallest absolute Gasteiger partial charge is 0.0470 e. The standard InChI is InChI=1S/C12H16N2/c1-3-11-9-7-5-6-8-10(9)12(4-2)14(11)13/h5-8H,3-4,13H2,1-2H3. The van der Waals surface area contributed by atoms with Gasteiger partial charge in [-0.3, -0.25) is 4.68 Å². The summed E-state index contributed by atoms with van der Waals surface area (Å²) in [5.74, 6) is 6.05. The highest BCUT2D eigenvalue weighted by Gasteiger charge is 2.11. The first kappa shape index (κ1) is 9.13. The third kappa shape index (κ3) is 1.10. The molecule has 1 aromatic carbocycles. The molecule has 0 aliphatic heterocycles. The maximum absolute atomic E-state index is 6.05. The zero-order chi connectivity index (χ0) is 10.1. The molecular weight excluding hydrogens is 172 g/mol. The van der Waals surface area contributed by atoms with Crippen LogP contribution in [-0.4, -0.2) is 4.68 Å². The fourth-order valence-electron chi connectivity index (χ4n) is 2.13. The molecule has 0 saturated carbocycles. The first-order valence-corrected chi connectivity index (χ1v) is 5.15. The zero-order valence-electron chi connectivity index (χ0n) is 8.75. The normalized spacial score (nSPS) is 11.0. The Morgan fingerprint density at radius 3 is 1.79 bits per heavy atom. The lowest BCUT2D eigenvalue weighted by Gasteiger charge is -2.03. The fourth-order valence-corrected chi connectivity index (χ4v) is 2.13. The molecule has 0 atom stereocenters. The van der Waals surface area contributed by atoms with Gasteiger partial charge in [0.1, 0.15) is 0 Å². The van der Waals surface area contributed by atoms with Crippen molar-refractivity contribution in [2.45, 2.75) is 26.7 Å². The van der Waals surface area contributed by atoms with Gasteiger partial charge in [-0.15, -0.1) is 0 Å². The van der Waals surface area contributed by atoms with Crippen LogP contribution in [0.25, 0.3) is 10.8 Å². The molecule has 2 N–H and O–H groups in total. The zero-order valence-corrected chi connectivity index (χ0v) is 8.75. The molecular formula is C12H16N2. The number of nitrogen functional groups attached to an aromatic ring is 1. The molecule has 0 unspecified atom stereocenters. The molecule has 74 valence electrons. The second kappa shape index (κ2) is 3.37. The Balaban J connectivity index is 2.85. The Kier molecular flexibility index (Phi) is 2.20. The van der Waals surface area contributed by atoms with Gasteiger partial charge in [0.2, 0.25) is 0 Å². The van der Waals surface area contributed by atoms with Crippen LogP contribution in [0.1, 0.15) is 25.2 Å². The van der Waals surface area contributed by atoms with Crippen LogP contribution in [0.4, 0.5) is 0 Å². The summed E-state index contributed by atoms with van der Waals surface area (Å²) < 4.78 is 1.85. The van der Waals surface area contributed by atoms with Crippen LogP contribution in [0, 0.1) is 0 Å². The second-order valence-electron chi connectivity index (χ2n) is 3.52. The van der Waals surface area contributed by atoms with Crippen LogP contribution in [0.3, 0.4) is 0 Å². The van der Waals surface area contributed by atoms with E-state index in [9.17, 15) is 0 Å². The van der Waals surface area contributed by atoms with Crippen LogP contribution >= 0.6 is 0 Å². The average molecular weight is 188 g/mol. The maximum atomic E-state index is 6.05. The molecule has 0 saturated heterocycles. The van der Waals surface area contributed by atoms with E-state index in [-0.39, 0.29) is 0 Å². The minimum Gasteiger partial charge on any atom is -0.339 e. The van der Waals surface area contributed by atoms with E-state index in [1.165, 1.54) is 22.2 Å². The lowest BCUT2D eigenvalue weighted by Crippen LogP contribution is -2.14. The van der Waals surface area contributed by atoms with E-state index in [0.29, 0.717) is 0 Å². The molecule has 2 nitrogen and oxygen atoms in total. The number of fused-ring (bicyclic) bond motifs is 1. The number of nitrogens with two attached hydrogens (primary N) is 1.